The van der Waals surface area contributed by atoms with Crippen LogP contribution in [-0.2, 0) is 12.8 Å². The third-order valence-electron chi connectivity index (χ3n) is 3.33. The number of nitrogens with one attached hydrogen (secondary N) is 1. The fourth-order valence-electron chi connectivity index (χ4n) is 2.31. The number of pyridine rings is 1. The van der Waals surface area contributed by atoms with Crippen LogP contribution in [0.1, 0.15) is 18.1 Å². The summed E-state index contributed by atoms with van der Waals surface area (Å²) < 4.78 is 13.9. The highest BCUT2D eigenvalue weighted by Gasteiger charge is 2.16. The molecule has 2 nitrogen and oxygen atoms in total. The first-order valence-electron chi connectivity index (χ1n) is 6.86. The van der Waals surface area contributed by atoms with Gasteiger partial charge in [-0.3, -0.25) is 4.98 Å². The second-order valence-corrected chi connectivity index (χ2v) is 5.64. The lowest BCUT2D eigenvalue weighted by molar-refractivity contribution is 0.506. The summed E-state index contributed by atoms with van der Waals surface area (Å²) in [7, 11) is 0. The minimum Gasteiger partial charge on any atom is -0.314 e. The normalized spacial score (nSPS) is 12.4. The van der Waals surface area contributed by atoms with Crippen LogP contribution in [0.15, 0.2) is 36.7 Å². The van der Waals surface area contributed by atoms with E-state index in [0.29, 0.717) is 28.5 Å². The first-order valence-corrected chi connectivity index (χ1v) is 7.62. The lowest BCUT2D eigenvalue weighted by Crippen LogP contribution is -2.33. The molecule has 1 aromatic carbocycles. The lowest BCUT2D eigenvalue weighted by atomic mass is 9.99. The van der Waals surface area contributed by atoms with E-state index < -0.39 is 0 Å². The van der Waals surface area contributed by atoms with Gasteiger partial charge in [0.25, 0.3) is 0 Å². The number of hydrogen-bond donors (Lipinski definition) is 1. The van der Waals surface area contributed by atoms with Crippen LogP contribution in [0.4, 0.5) is 4.39 Å². The smallest absolute Gasteiger partial charge is 0.127 e. The van der Waals surface area contributed by atoms with Gasteiger partial charge in [0.15, 0.2) is 0 Å². The number of likely N-dealkylation sites (N-methyl/N-ethyl adjacent to an activating group) is 1. The van der Waals surface area contributed by atoms with Crippen LogP contribution in [0.3, 0.4) is 0 Å². The van der Waals surface area contributed by atoms with Crippen molar-refractivity contribution in [2.24, 2.45) is 0 Å². The third kappa shape index (κ3) is 4.40. The minimum absolute atomic E-state index is 0.0595. The molecule has 112 valence electrons. The Morgan fingerprint density at radius 1 is 1.19 bits per heavy atom. The molecule has 0 spiro atoms. The molecule has 0 saturated carbocycles. The Balaban J connectivity index is 2.18. The molecular formula is C16H17Cl2FN2. The molecule has 0 radical (unpaired) electrons. The highest BCUT2D eigenvalue weighted by molar-refractivity contribution is 6.31. The Kier molecular flexibility index (Phi) is 5.97. The summed E-state index contributed by atoms with van der Waals surface area (Å²) in [5, 5.41) is 4.44. The van der Waals surface area contributed by atoms with E-state index in [0.717, 1.165) is 12.1 Å². The van der Waals surface area contributed by atoms with E-state index in [1.165, 1.54) is 6.07 Å². The fraction of sp³-hybridized carbons (Fsp3) is 0.312. The fourth-order valence-corrected chi connectivity index (χ4v) is 2.75. The van der Waals surface area contributed by atoms with Crippen molar-refractivity contribution in [3.63, 3.8) is 0 Å². The highest BCUT2D eigenvalue weighted by atomic mass is 35.5. The Morgan fingerprint density at radius 2 is 2.00 bits per heavy atom. The van der Waals surface area contributed by atoms with Crippen LogP contribution in [0, 0.1) is 5.82 Å². The molecule has 1 aromatic heterocycles. The molecule has 0 bridgehead atoms. The average Bonchev–Trinajstić information content (AvgIpc) is 2.45. The minimum atomic E-state index is -0.272. The molecule has 0 amide bonds. The summed E-state index contributed by atoms with van der Waals surface area (Å²) in [5.74, 6) is -0.272. The Hall–Kier alpha value is -1.16. The Morgan fingerprint density at radius 3 is 2.67 bits per heavy atom. The van der Waals surface area contributed by atoms with Crippen LogP contribution < -0.4 is 5.32 Å². The SMILES string of the molecule is CCNC(Cc1ccncc1Cl)Cc1c(F)cccc1Cl. The van der Waals surface area contributed by atoms with E-state index in [1.807, 2.05) is 13.0 Å². The van der Waals surface area contributed by atoms with Crippen molar-refractivity contribution < 1.29 is 4.39 Å². The molecule has 0 aliphatic carbocycles. The summed E-state index contributed by atoms with van der Waals surface area (Å²) >= 11 is 12.2. The maximum atomic E-state index is 13.9. The monoisotopic (exact) mass is 326 g/mol. The Labute approximate surface area is 134 Å². The zero-order chi connectivity index (χ0) is 15.2. The van der Waals surface area contributed by atoms with E-state index in [1.54, 1.807) is 24.5 Å². The molecule has 21 heavy (non-hydrogen) atoms. The second kappa shape index (κ2) is 7.74. The molecule has 1 N–H and O–H groups in total. The number of hydrogen-bond acceptors (Lipinski definition) is 2. The predicted octanol–water partition coefficient (Wildman–Crippen LogP) is 4.29. The van der Waals surface area contributed by atoms with Gasteiger partial charge in [0, 0.05) is 29.0 Å². The van der Waals surface area contributed by atoms with Gasteiger partial charge < -0.3 is 5.32 Å². The number of nitrogens with zero attached hydrogens (tertiary/aromatic N) is 1. The van der Waals surface area contributed by atoms with Gasteiger partial charge >= 0.3 is 0 Å². The first kappa shape index (κ1) is 16.2. The summed E-state index contributed by atoms with van der Waals surface area (Å²) in [6.45, 7) is 2.81. The van der Waals surface area contributed by atoms with Crippen LogP contribution in [-0.4, -0.2) is 17.6 Å². The zero-order valence-electron chi connectivity index (χ0n) is 11.7. The van der Waals surface area contributed by atoms with E-state index in [-0.39, 0.29) is 11.9 Å². The van der Waals surface area contributed by atoms with E-state index in [9.17, 15) is 4.39 Å². The highest BCUT2D eigenvalue weighted by Crippen LogP contribution is 2.23. The molecule has 0 fully saturated rings. The molecule has 0 aliphatic heterocycles. The molecular weight excluding hydrogens is 310 g/mol. The maximum absolute atomic E-state index is 13.9. The van der Waals surface area contributed by atoms with Crippen molar-refractivity contribution >= 4 is 23.2 Å². The van der Waals surface area contributed by atoms with Gasteiger partial charge in [-0.05, 0) is 43.1 Å². The first-order chi connectivity index (χ1) is 10.1. The lowest BCUT2D eigenvalue weighted by Gasteiger charge is -2.19. The summed E-state index contributed by atoms with van der Waals surface area (Å²) in [6.07, 6.45) is 4.54. The number of aromatic nitrogens is 1. The predicted molar refractivity (Wildman–Crippen MR) is 85.5 cm³/mol. The molecule has 1 heterocycles. The number of benzene rings is 1. The van der Waals surface area contributed by atoms with Crippen LogP contribution >= 0.6 is 23.2 Å². The third-order valence-corrected chi connectivity index (χ3v) is 4.02. The van der Waals surface area contributed by atoms with Gasteiger partial charge in [0.2, 0.25) is 0 Å². The molecule has 0 aliphatic rings. The van der Waals surface area contributed by atoms with Crippen LogP contribution in [0.2, 0.25) is 10.0 Å². The van der Waals surface area contributed by atoms with Crippen molar-refractivity contribution in [1.82, 2.24) is 10.3 Å². The molecule has 0 saturated heterocycles. The van der Waals surface area contributed by atoms with Gasteiger partial charge in [0.1, 0.15) is 5.82 Å². The van der Waals surface area contributed by atoms with Gasteiger partial charge in [-0.25, -0.2) is 4.39 Å². The van der Waals surface area contributed by atoms with E-state index >= 15 is 0 Å². The topological polar surface area (TPSA) is 24.9 Å². The molecule has 1 unspecified atom stereocenters. The summed E-state index contributed by atoms with van der Waals surface area (Å²) in [6, 6.07) is 6.70. The second-order valence-electron chi connectivity index (χ2n) is 4.83. The van der Waals surface area contributed by atoms with Gasteiger partial charge in [0.05, 0.1) is 5.02 Å². The molecule has 5 heteroatoms. The molecule has 2 aromatic rings. The maximum Gasteiger partial charge on any atom is 0.127 e. The van der Waals surface area contributed by atoms with E-state index in [4.69, 9.17) is 23.2 Å². The average molecular weight is 327 g/mol. The van der Waals surface area contributed by atoms with Crippen molar-refractivity contribution in [2.45, 2.75) is 25.8 Å². The molecule has 2 rings (SSSR count). The van der Waals surface area contributed by atoms with Gasteiger partial charge in [-0.1, -0.05) is 36.2 Å². The van der Waals surface area contributed by atoms with Crippen molar-refractivity contribution in [2.75, 3.05) is 6.54 Å². The largest absolute Gasteiger partial charge is 0.314 e. The van der Waals surface area contributed by atoms with Crippen LogP contribution in [0.25, 0.3) is 0 Å². The quantitative estimate of drug-likeness (QED) is 0.856. The summed E-state index contributed by atoms with van der Waals surface area (Å²) in [4.78, 5) is 3.98. The van der Waals surface area contributed by atoms with Gasteiger partial charge in [-0.15, -0.1) is 0 Å². The van der Waals surface area contributed by atoms with Crippen molar-refractivity contribution in [3.8, 4) is 0 Å². The van der Waals surface area contributed by atoms with Crippen molar-refractivity contribution in [3.05, 3.63) is 63.6 Å². The summed E-state index contributed by atoms with van der Waals surface area (Å²) in [5.41, 5.74) is 1.53. The zero-order valence-corrected chi connectivity index (χ0v) is 13.3. The van der Waals surface area contributed by atoms with Crippen molar-refractivity contribution in [1.29, 1.82) is 0 Å². The van der Waals surface area contributed by atoms with E-state index in [2.05, 4.69) is 10.3 Å². The van der Waals surface area contributed by atoms with Crippen LogP contribution in [0.5, 0.6) is 0 Å². The number of rotatable bonds is 6. The number of halogens is 3. The van der Waals surface area contributed by atoms with Gasteiger partial charge in [-0.2, -0.15) is 0 Å². The molecule has 1 atom stereocenters. The Bertz CT molecular complexity index is 584. The standard InChI is InChI=1S/C16H17Cl2FN2/c1-2-21-12(8-11-6-7-20-10-15(11)18)9-13-14(17)4-3-5-16(13)19/h3-7,10,12,21H,2,8-9H2,1H3.